The van der Waals surface area contributed by atoms with E-state index < -0.39 is 16.0 Å². The molecule has 7 heteroatoms. The lowest BCUT2D eigenvalue weighted by Gasteiger charge is -2.18. The number of likely N-dealkylation sites (N-methyl/N-ethyl adjacent to an activating group) is 1. The van der Waals surface area contributed by atoms with Crippen molar-refractivity contribution in [2.75, 3.05) is 20.2 Å². The van der Waals surface area contributed by atoms with Crippen LogP contribution in [0.5, 0.6) is 0 Å². The second kappa shape index (κ2) is 6.36. The van der Waals surface area contributed by atoms with E-state index in [9.17, 15) is 13.2 Å². The number of ether oxygens (including phenoxy) is 1. The minimum Gasteiger partial charge on any atom is -0.465 e. The number of esters is 1. The Morgan fingerprint density at radius 2 is 2.05 bits per heavy atom. The fourth-order valence-corrected chi connectivity index (χ4v) is 3.10. The number of carbonyl (C=O) groups is 1. The summed E-state index contributed by atoms with van der Waals surface area (Å²) in [5.41, 5.74) is 0.458. The maximum atomic E-state index is 12.3. The first-order valence-electron chi connectivity index (χ1n) is 5.67. The van der Waals surface area contributed by atoms with Gasteiger partial charge in [-0.25, -0.2) is 8.42 Å². The van der Waals surface area contributed by atoms with E-state index in [-0.39, 0.29) is 18.0 Å². The lowest BCUT2D eigenvalue weighted by Crippen LogP contribution is -2.33. The fourth-order valence-electron chi connectivity index (χ4n) is 1.51. The smallest absolute Gasteiger partial charge is 0.321 e. The van der Waals surface area contributed by atoms with Gasteiger partial charge in [0.25, 0.3) is 0 Å². The van der Waals surface area contributed by atoms with Crippen molar-refractivity contribution in [1.82, 2.24) is 4.31 Å². The van der Waals surface area contributed by atoms with Gasteiger partial charge in [0, 0.05) is 12.1 Å². The maximum Gasteiger partial charge on any atom is 0.321 e. The van der Waals surface area contributed by atoms with Gasteiger partial charge >= 0.3 is 5.97 Å². The molecule has 0 aromatic heterocycles. The molecular formula is C12H16ClNO4S. The van der Waals surface area contributed by atoms with Crippen molar-refractivity contribution in [2.24, 2.45) is 0 Å². The molecule has 5 nitrogen and oxygen atoms in total. The van der Waals surface area contributed by atoms with E-state index in [4.69, 9.17) is 16.3 Å². The highest BCUT2D eigenvalue weighted by molar-refractivity contribution is 7.89. The fraction of sp³-hybridized carbons (Fsp3) is 0.417. The molecule has 0 saturated carbocycles. The van der Waals surface area contributed by atoms with Gasteiger partial charge in [-0.05, 0) is 31.5 Å². The minimum atomic E-state index is -3.76. The zero-order valence-electron chi connectivity index (χ0n) is 11.0. The molecule has 19 heavy (non-hydrogen) atoms. The number of hydrogen-bond donors (Lipinski definition) is 0. The maximum absolute atomic E-state index is 12.3. The van der Waals surface area contributed by atoms with Gasteiger partial charge in [0.2, 0.25) is 10.0 Å². The normalized spacial score (nSPS) is 11.6. The zero-order chi connectivity index (χ0) is 14.6. The van der Waals surface area contributed by atoms with E-state index in [1.165, 1.54) is 13.1 Å². The molecule has 0 N–H and O–H groups in total. The molecule has 0 atom stereocenters. The molecule has 106 valence electrons. The summed E-state index contributed by atoms with van der Waals surface area (Å²) >= 11 is 5.91. The van der Waals surface area contributed by atoms with Gasteiger partial charge in [0.1, 0.15) is 6.54 Å². The average molecular weight is 306 g/mol. The Labute approximate surface area is 118 Å². The van der Waals surface area contributed by atoms with E-state index in [1.54, 1.807) is 26.0 Å². The number of hydrogen-bond acceptors (Lipinski definition) is 4. The second-order valence-corrected chi connectivity index (χ2v) is 6.35. The molecule has 0 aliphatic rings. The van der Waals surface area contributed by atoms with E-state index in [0.717, 1.165) is 4.31 Å². The molecule has 1 aromatic rings. The molecule has 0 bridgehead atoms. The molecule has 0 unspecified atom stereocenters. The summed E-state index contributed by atoms with van der Waals surface area (Å²) in [4.78, 5) is 11.4. The van der Waals surface area contributed by atoms with E-state index in [0.29, 0.717) is 10.6 Å². The lowest BCUT2D eigenvalue weighted by atomic mass is 10.2. The molecule has 0 saturated heterocycles. The number of carbonyl (C=O) groups excluding carboxylic acids is 1. The van der Waals surface area contributed by atoms with Crippen LogP contribution < -0.4 is 0 Å². The summed E-state index contributed by atoms with van der Waals surface area (Å²) in [7, 11) is -2.43. The molecule has 0 amide bonds. The Morgan fingerprint density at radius 3 is 2.63 bits per heavy atom. The van der Waals surface area contributed by atoms with Crippen LogP contribution in [0.1, 0.15) is 12.5 Å². The number of sulfonamides is 1. The molecule has 0 aliphatic carbocycles. The van der Waals surface area contributed by atoms with E-state index in [1.807, 2.05) is 0 Å². The van der Waals surface area contributed by atoms with Gasteiger partial charge in [-0.15, -0.1) is 0 Å². The van der Waals surface area contributed by atoms with Crippen LogP contribution in [0.25, 0.3) is 0 Å². The van der Waals surface area contributed by atoms with E-state index in [2.05, 4.69) is 0 Å². The predicted molar refractivity (Wildman–Crippen MR) is 72.6 cm³/mol. The lowest BCUT2D eigenvalue weighted by molar-refractivity contribution is -0.143. The van der Waals surface area contributed by atoms with Crippen LogP contribution in [0.3, 0.4) is 0 Å². The Morgan fingerprint density at radius 1 is 1.42 bits per heavy atom. The quantitative estimate of drug-likeness (QED) is 0.779. The zero-order valence-corrected chi connectivity index (χ0v) is 12.6. The average Bonchev–Trinajstić information content (AvgIpc) is 2.32. The minimum absolute atomic E-state index is 0.0896. The largest absolute Gasteiger partial charge is 0.465 e. The van der Waals surface area contributed by atoms with Crippen LogP contribution in [0.2, 0.25) is 5.02 Å². The molecule has 0 heterocycles. The van der Waals surface area contributed by atoms with Crippen LogP contribution in [0.4, 0.5) is 0 Å². The third kappa shape index (κ3) is 3.68. The molecule has 1 aromatic carbocycles. The SMILES string of the molecule is CCOC(=O)CN(C)S(=O)(=O)c1cccc(Cl)c1C. The standard InChI is InChI=1S/C12H16ClNO4S/c1-4-18-12(15)8-14(3)19(16,17)11-7-5-6-10(13)9(11)2/h5-7H,4,8H2,1-3H3. The topological polar surface area (TPSA) is 63.7 Å². The van der Waals surface area contributed by atoms with Crippen molar-refractivity contribution in [3.8, 4) is 0 Å². The molecule has 0 spiro atoms. The number of halogens is 1. The molecule has 0 radical (unpaired) electrons. The monoisotopic (exact) mass is 305 g/mol. The summed E-state index contributed by atoms with van der Waals surface area (Å²) in [5.74, 6) is -0.590. The highest BCUT2D eigenvalue weighted by atomic mass is 35.5. The van der Waals surface area contributed by atoms with Crippen LogP contribution in [0.15, 0.2) is 23.1 Å². The number of benzene rings is 1. The predicted octanol–water partition coefficient (Wildman–Crippen LogP) is 1.83. The summed E-state index contributed by atoms with van der Waals surface area (Å²) in [6.45, 7) is 3.16. The van der Waals surface area contributed by atoms with Crippen LogP contribution in [0, 0.1) is 6.92 Å². The third-order valence-electron chi connectivity index (χ3n) is 2.56. The van der Waals surface area contributed by atoms with Crippen molar-refractivity contribution in [2.45, 2.75) is 18.7 Å². The van der Waals surface area contributed by atoms with Gasteiger partial charge in [-0.3, -0.25) is 4.79 Å². The first kappa shape index (κ1) is 15.9. The first-order valence-corrected chi connectivity index (χ1v) is 7.49. The molecular weight excluding hydrogens is 290 g/mol. The summed E-state index contributed by atoms with van der Waals surface area (Å²) in [5, 5.41) is 0.366. The van der Waals surface area contributed by atoms with Crippen LogP contribution >= 0.6 is 11.6 Å². The Bertz CT molecular complexity index is 571. The van der Waals surface area contributed by atoms with Crippen molar-refractivity contribution in [3.63, 3.8) is 0 Å². The Hall–Kier alpha value is -1.11. The summed E-state index contributed by atoms with van der Waals surface area (Å²) < 4.78 is 30.3. The highest BCUT2D eigenvalue weighted by Gasteiger charge is 2.25. The van der Waals surface area contributed by atoms with Gasteiger partial charge in [0.05, 0.1) is 11.5 Å². The Balaban J connectivity index is 3.04. The van der Waals surface area contributed by atoms with Crippen molar-refractivity contribution in [3.05, 3.63) is 28.8 Å². The third-order valence-corrected chi connectivity index (χ3v) is 4.92. The first-order chi connectivity index (χ1) is 8.80. The molecule has 1 rings (SSSR count). The van der Waals surface area contributed by atoms with Crippen molar-refractivity contribution in [1.29, 1.82) is 0 Å². The number of nitrogens with zero attached hydrogens (tertiary/aromatic N) is 1. The van der Waals surface area contributed by atoms with E-state index >= 15 is 0 Å². The van der Waals surface area contributed by atoms with Gasteiger partial charge in [0.15, 0.2) is 0 Å². The van der Waals surface area contributed by atoms with Crippen LogP contribution in [-0.4, -0.2) is 38.9 Å². The van der Waals surface area contributed by atoms with Crippen molar-refractivity contribution < 1.29 is 17.9 Å². The second-order valence-electron chi connectivity index (χ2n) is 3.93. The molecule has 0 aliphatic heterocycles. The van der Waals surface area contributed by atoms with Crippen molar-refractivity contribution >= 4 is 27.6 Å². The Kier molecular flexibility index (Phi) is 5.34. The van der Waals surface area contributed by atoms with Gasteiger partial charge < -0.3 is 4.74 Å². The highest BCUT2D eigenvalue weighted by Crippen LogP contribution is 2.24. The molecule has 0 fully saturated rings. The summed E-state index contributed by atoms with van der Waals surface area (Å²) in [6, 6.07) is 4.62. The van der Waals surface area contributed by atoms with Gasteiger partial charge in [-0.2, -0.15) is 4.31 Å². The number of rotatable bonds is 5. The summed E-state index contributed by atoms with van der Waals surface area (Å²) in [6.07, 6.45) is 0. The van der Waals surface area contributed by atoms with Crippen LogP contribution in [-0.2, 0) is 19.6 Å². The van der Waals surface area contributed by atoms with Gasteiger partial charge in [-0.1, -0.05) is 17.7 Å².